The molecule has 2 unspecified atom stereocenters. The van der Waals surface area contributed by atoms with E-state index in [9.17, 15) is 19.0 Å². The molecule has 0 radical (unpaired) electrons. The Kier molecular flexibility index (Phi) is 5.11. The van der Waals surface area contributed by atoms with Crippen molar-refractivity contribution in [2.45, 2.75) is 18.6 Å². The van der Waals surface area contributed by atoms with Crippen molar-refractivity contribution in [1.82, 2.24) is 0 Å². The van der Waals surface area contributed by atoms with Gasteiger partial charge in [0.15, 0.2) is 5.82 Å². The van der Waals surface area contributed by atoms with Crippen LogP contribution in [0.5, 0.6) is 0 Å². The molecule has 0 saturated heterocycles. The van der Waals surface area contributed by atoms with E-state index in [1.165, 1.54) is 0 Å². The van der Waals surface area contributed by atoms with E-state index in [1.807, 2.05) is 0 Å². The maximum absolute atomic E-state index is 13.5. The molecule has 0 fully saturated rings. The minimum Gasteiger partial charge on any atom is -0.390 e. The molecule has 1 aromatic rings. The first-order chi connectivity index (χ1) is 7.49. The van der Waals surface area contributed by atoms with Gasteiger partial charge in [0.25, 0.3) is 0 Å². The zero-order chi connectivity index (χ0) is 12.3. The van der Waals surface area contributed by atoms with Crippen molar-refractivity contribution in [1.29, 1.82) is 0 Å². The van der Waals surface area contributed by atoms with E-state index < -0.39 is 28.9 Å². The molecule has 2 atom stereocenters. The van der Waals surface area contributed by atoms with Crippen molar-refractivity contribution >= 4 is 27.5 Å². The number of hydrogen-bond acceptors (Lipinski definition) is 2. The molecule has 1 aromatic carbocycles. The number of aliphatic hydroxyl groups excluding tert-OH is 2. The summed E-state index contributed by atoms with van der Waals surface area (Å²) in [6, 6.07) is 2.02. The number of alkyl halides is 1. The van der Waals surface area contributed by atoms with Crippen LogP contribution in [0.4, 0.5) is 8.78 Å². The Morgan fingerprint density at radius 2 is 1.94 bits per heavy atom. The van der Waals surface area contributed by atoms with E-state index in [0.29, 0.717) is 5.33 Å². The number of halogens is 4. The van der Waals surface area contributed by atoms with Gasteiger partial charge in [-0.3, -0.25) is 0 Å². The lowest BCUT2D eigenvalue weighted by Crippen LogP contribution is -2.20. The minimum atomic E-state index is -1.42. The van der Waals surface area contributed by atoms with Crippen LogP contribution in [0.25, 0.3) is 0 Å². The first kappa shape index (κ1) is 13.8. The normalized spacial score (nSPS) is 14.9. The maximum atomic E-state index is 13.5. The van der Waals surface area contributed by atoms with Crippen LogP contribution in [-0.2, 0) is 0 Å². The summed E-state index contributed by atoms with van der Waals surface area (Å²) in [5.41, 5.74) is -0.208. The van der Waals surface area contributed by atoms with Gasteiger partial charge in [0.05, 0.1) is 6.10 Å². The molecule has 90 valence electrons. The predicted molar refractivity (Wildman–Crippen MR) is 60.7 cm³/mol. The quantitative estimate of drug-likeness (QED) is 0.662. The summed E-state index contributed by atoms with van der Waals surface area (Å²) in [6.45, 7) is 0. The van der Waals surface area contributed by atoms with Crippen molar-refractivity contribution in [3.8, 4) is 0 Å². The van der Waals surface area contributed by atoms with Gasteiger partial charge in [0.1, 0.15) is 16.9 Å². The third kappa shape index (κ3) is 2.91. The highest BCUT2D eigenvalue weighted by Gasteiger charge is 2.23. The van der Waals surface area contributed by atoms with Gasteiger partial charge >= 0.3 is 0 Å². The van der Waals surface area contributed by atoms with Gasteiger partial charge < -0.3 is 10.2 Å². The molecule has 0 amide bonds. The maximum Gasteiger partial charge on any atom is 0.150 e. The lowest BCUT2D eigenvalue weighted by atomic mass is 10.0. The van der Waals surface area contributed by atoms with Crippen molar-refractivity contribution in [3.63, 3.8) is 0 Å². The van der Waals surface area contributed by atoms with Gasteiger partial charge in [0, 0.05) is 10.9 Å². The van der Waals surface area contributed by atoms with E-state index >= 15 is 0 Å². The molecule has 0 bridgehead atoms. The average molecular weight is 316 g/mol. The molecular formula is C10H10BrClF2O2. The lowest BCUT2D eigenvalue weighted by Gasteiger charge is -2.18. The standard InChI is InChI=1S/C10H10BrClF2O2/c11-4-3-7(15)10(16)5-1-2-6(13)8(12)9(5)14/h1-2,7,10,15-16H,3-4H2. The van der Waals surface area contributed by atoms with Gasteiger partial charge in [-0.1, -0.05) is 33.6 Å². The molecule has 16 heavy (non-hydrogen) atoms. The van der Waals surface area contributed by atoms with E-state index in [-0.39, 0.29) is 12.0 Å². The highest BCUT2D eigenvalue weighted by atomic mass is 79.9. The third-order valence-electron chi connectivity index (χ3n) is 2.15. The molecule has 6 heteroatoms. The van der Waals surface area contributed by atoms with Crippen LogP contribution in [0.2, 0.25) is 5.02 Å². The molecule has 0 heterocycles. The van der Waals surface area contributed by atoms with Gasteiger partial charge in [0.2, 0.25) is 0 Å². The highest BCUT2D eigenvalue weighted by Crippen LogP contribution is 2.28. The molecule has 2 N–H and O–H groups in total. The molecular weight excluding hydrogens is 305 g/mol. The van der Waals surface area contributed by atoms with Crippen LogP contribution in [0.15, 0.2) is 12.1 Å². The van der Waals surface area contributed by atoms with Crippen LogP contribution in [0, 0.1) is 11.6 Å². The van der Waals surface area contributed by atoms with Crippen molar-refractivity contribution in [3.05, 3.63) is 34.4 Å². The van der Waals surface area contributed by atoms with Crippen molar-refractivity contribution in [2.24, 2.45) is 0 Å². The van der Waals surface area contributed by atoms with Crippen LogP contribution in [0.3, 0.4) is 0 Å². The lowest BCUT2D eigenvalue weighted by molar-refractivity contribution is 0.0152. The molecule has 2 nitrogen and oxygen atoms in total. The molecule has 0 aliphatic carbocycles. The summed E-state index contributed by atoms with van der Waals surface area (Å²) in [6.07, 6.45) is -2.30. The molecule has 0 aliphatic rings. The summed E-state index contributed by atoms with van der Waals surface area (Å²) < 4.78 is 26.3. The first-order valence-electron chi connectivity index (χ1n) is 4.54. The molecule has 0 saturated carbocycles. The fourth-order valence-corrected chi connectivity index (χ4v) is 1.89. The SMILES string of the molecule is OC(CCBr)C(O)c1ccc(F)c(Cl)c1F. The summed E-state index contributed by atoms with van der Waals surface area (Å²) >= 11 is 8.44. The van der Waals surface area contributed by atoms with E-state index in [1.54, 1.807) is 0 Å². The number of benzene rings is 1. The Balaban J connectivity index is 3.00. The Morgan fingerprint density at radius 3 is 2.50 bits per heavy atom. The minimum absolute atomic E-state index is 0.208. The van der Waals surface area contributed by atoms with Gasteiger partial charge in [-0.15, -0.1) is 0 Å². The fourth-order valence-electron chi connectivity index (χ4n) is 1.25. The molecule has 0 aromatic heterocycles. The Hall–Kier alpha value is -0.230. The second-order valence-corrected chi connectivity index (χ2v) is 4.43. The number of hydrogen-bond donors (Lipinski definition) is 2. The molecule has 0 spiro atoms. The average Bonchev–Trinajstić information content (AvgIpc) is 2.26. The second kappa shape index (κ2) is 5.91. The predicted octanol–water partition coefficient (Wildman–Crippen LogP) is 2.80. The summed E-state index contributed by atoms with van der Waals surface area (Å²) in [5, 5.41) is 18.9. The van der Waals surface area contributed by atoms with Crippen molar-refractivity contribution in [2.75, 3.05) is 5.33 Å². The fraction of sp³-hybridized carbons (Fsp3) is 0.400. The largest absolute Gasteiger partial charge is 0.390 e. The van der Waals surface area contributed by atoms with Gasteiger partial charge in [-0.2, -0.15) is 0 Å². The highest BCUT2D eigenvalue weighted by molar-refractivity contribution is 9.09. The monoisotopic (exact) mass is 314 g/mol. The van der Waals surface area contributed by atoms with Gasteiger partial charge in [-0.25, -0.2) is 8.78 Å². The zero-order valence-electron chi connectivity index (χ0n) is 8.13. The van der Waals surface area contributed by atoms with Crippen LogP contribution >= 0.6 is 27.5 Å². The van der Waals surface area contributed by atoms with Gasteiger partial charge in [-0.05, 0) is 12.5 Å². The zero-order valence-corrected chi connectivity index (χ0v) is 10.5. The van der Waals surface area contributed by atoms with Crippen LogP contribution in [0.1, 0.15) is 18.1 Å². The first-order valence-corrected chi connectivity index (χ1v) is 6.04. The van der Waals surface area contributed by atoms with Crippen LogP contribution < -0.4 is 0 Å². The number of aliphatic hydroxyl groups is 2. The van der Waals surface area contributed by atoms with E-state index in [2.05, 4.69) is 15.9 Å². The number of rotatable bonds is 4. The Labute approximate surface area is 105 Å². The molecule has 0 aliphatic heterocycles. The summed E-state index contributed by atoms with van der Waals surface area (Å²) in [5.74, 6) is -1.94. The smallest absolute Gasteiger partial charge is 0.150 e. The Morgan fingerprint density at radius 1 is 1.31 bits per heavy atom. The van der Waals surface area contributed by atoms with E-state index in [0.717, 1.165) is 12.1 Å². The topological polar surface area (TPSA) is 40.5 Å². The summed E-state index contributed by atoms with van der Waals surface area (Å²) in [4.78, 5) is 0. The van der Waals surface area contributed by atoms with Crippen molar-refractivity contribution < 1.29 is 19.0 Å². The molecule has 1 rings (SSSR count). The third-order valence-corrected chi connectivity index (χ3v) is 2.96. The second-order valence-electron chi connectivity index (χ2n) is 3.25. The Bertz CT molecular complexity index is 376. The summed E-state index contributed by atoms with van der Waals surface area (Å²) in [7, 11) is 0. The van der Waals surface area contributed by atoms with Crippen LogP contribution in [-0.4, -0.2) is 21.6 Å². The van der Waals surface area contributed by atoms with E-state index in [4.69, 9.17) is 11.6 Å².